The highest BCUT2D eigenvalue weighted by Crippen LogP contribution is 2.16. The molecule has 2 rings (SSSR count). The van der Waals surface area contributed by atoms with Gasteiger partial charge in [0.2, 0.25) is 0 Å². The molecule has 0 spiro atoms. The van der Waals surface area contributed by atoms with E-state index in [1.165, 1.54) is 0 Å². The molecule has 0 amide bonds. The Bertz CT molecular complexity index is 212. The van der Waals surface area contributed by atoms with Crippen molar-refractivity contribution in [2.45, 2.75) is 37.5 Å². The number of ether oxygens (including phenoxy) is 2. The van der Waals surface area contributed by atoms with Gasteiger partial charge in [0.15, 0.2) is 0 Å². The van der Waals surface area contributed by atoms with Crippen molar-refractivity contribution in [2.75, 3.05) is 19.8 Å². The predicted molar refractivity (Wildman–Crippen MR) is 54.0 cm³/mol. The molecular formula is C11H17NO2. The summed E-state index contributed by atoms with van der Waals surface area (Å²) in [6.45, 7) is 2.48. The van der Waals surface area contributed by atoms with Crippen LogP contribution in [0.1, 0.15) is 19.3 Å². The minimum atomic E-state index is 0.0594. The van der Waals surface area contributed by atoms with Crippen LogP contribution in [0.15, 0.2) is 0 Å². The van der Waals surface area contributed by atoms with Crippen molar-refractivity contribution < 1.29 is 9.47 Å². The highest BCUT2D eigenvalue weighted by atomic mass is 16.5. The first-order chi connectivity index (χ1) is 6.90. The molecule has 3 heteroatoms. The first kappa shape index (κ1) is 9.97. The Labute approximate surface area is 85.2 Å². The molecule has 2 heterocycles. The molecule has 2 fully saturated rings. The maximum absolute atomic E-state index is 5.57. The number of nitrogens with one attached hydrogen (secondary N) is 1. The Hall–Kier alpha value is -0.560. The van der Waals surface area contributed by atoms with Crippen LogP contribution in [-0.2, 0) is 9.47 Å². The van der Waals surface area contributed by atoms with Crippen molar-refractivity contribution in [2.24, 2.45) is 0 Å². The first-order valence-electron chi connectivity index (χ1n) is 5.31. The molecule has 0 aromatic rings. The van der Waals surface area contributed by atoms with E-state index in [1.54, 1.807) is 0 Å². The number of hydrogen-bond donors (Lipinski definition) is 1. The lowest BCUT2D eigenvalue weighted by molar-refractivity contribution is 0.0890. The summed E-state index contributed by atoms with van der Waals surface area (Å²) in [7, 11) is 0. The van der Waals surface area contributed by atoms with Gasteiger partial charge in [0.1, 0.15) is 0 Å². The van der Waals surface area contributed by atoms with E-state index < -0.39 is 0 Å². The molecule has 0 aromatic carbocycles. The van der Waals surface area contributed by atoms with Crippen LogP contribution in [-0.4, -0.2) is 38.0 Å². The van der Waals surface area contributed by atoms with Gasteiger partial charge >= 0.3 is 0 Å². The maximum atomic E-state index is 5.57. The Morgan fingerprint density at radius 2 is 2.29 bits per heavy atom. The van der Waals surface area contributed by atoms with Gasteiger partial charge in [-0.15, -0.1) is 6.42 Å². The van der Waals surface area contributed by atoms with Crippen LogP contribution in [0, 0.1) is 12.3 Å². The minimum Gasteiger partial charge on any atom is -0.380 e. The molecule has 2 aliphatic heterocycles. The zero-order valence-corrected chi connectivity index (χ0v) is 8.37. The first-order valence-corrected chi connectivity index (χ1v) is 5.31. The molecule has 0 bridgehead atoms. The summed E-state index contributed by atoms with van der Waals surface area (Å²) in [6.07, 6.45) is 8.98. The van der Waals surface area contributed by atoms with Crippen molar-refractivity contribution in [3.63, 3.8) is 0 Å². The third-order valence-corrected chi connectivity index (χ3v) is 2.86. The molecule has 0 saturated carbocycles. The molecule has 0 aliphatic carbocycles. The number of rotatable bonds is 3. The normalized spacial score (nSPS) is 34.2. The van der Waals surface area contributed by atoms with Gasteiger partial charge in [0, 0.05) is 19.3 Å². The van der Waals surface area contributed by atoms with E-state index >= 15 is 0 Å². The van der Waals surface area contributed by atoms with Crippen molar-refractivity contribution in [1.82, 2.24) is 5.32 Å². The van der Waals surface area contributed by atoms with Gasteiger partial charge in [-0.2, -0.15) is 0 Å². The molecule has 1 N–H and O–H groups in total. The average Bonchev–Trinajstić information content (AvgIpc) is 2.86. The van der Waals surface area contributed by atoms with Gasteiger partial charge in [0.25, 0.3) is 0 Å². The average molecular weight is 195 g/mol. The SMILES string of the molecule is C#CC(NC1CCOC1)C1CCCO1. The monoisotopic (exact) mass is 195 g/mol. The quantitative estimate of drug-likeness (QED) is 0.667. The lowest BCUT2D eigenvalue weighted by Crippen LogP contribution is -2.44. The van der Waals surface area contributed by atoms with E-state index in [2.05, 4.69) is 11.2 Å². The Balaban J connectivity index is 1.83. The topological polar surface area (TPSA) is 30.5 Å². The van der Waals surface area contributed by atoms with Gasteiger partial charge in [-0.3, -0.25) is 5.32 Å². The molecule has 3 atom stereocenters. The van der Waals surface area contributed by atoms with Crippen LogP contribution in [0.3, 0.4) is 0 Å². The van der Waals surface area contributed by atoms with Crippen LogP contribution in [0.5, 0.6) is 0 Å². The smallest absolute Gasteiger partial charge is 0.0955 e. The Morgan fingerprint density at radius 3 is 2.86 bits per heavy atom. The standard InChI is InChI=1S/C11H17NO2/c1-2-10(11-4-3-6-14-11)12-9-5-7-13-8-9/h1,9-12H,3-8H2. The van der Waals surface area contributed by atoms with Crippen molar-refractivity contribution in [3.05, 3.63) is 0 Å². The number of terminal acetylenes is 1. The van der Waals surface area contributed by atoms with Crippen LogP contribution >= 0.6 is 0 Å². The van der Waals surface area contributed by atoms with Gasteiger partial charge in [-0.1, -0.05) is 5.92 Å². The van der Waals surface area contributed by atoms with E-state index in [1.807, 2.05) is 0 Å². The zero-order valence-electron chi connectivity index (χ0n) is 8.37. The van der Waals surface area contributed by atoms with E-state index in [0.29, 0.717) is 6.04 Å². The second-order valence-electron chi connectivity index (χ2n) is 3.92. The lowest BCUT2D eigenvalue weighted by atomic mass is 10.1. The molecule has 2 aliphatic rings. The van der Waals surface area contributed by atoms with Gasteiger partial charge in [-0.25, -0.2) is 0 Å². The summed E-state index contributed by atoms with van der Waals surface area (Å²) < 4.78 is 10.9. The van der Waals surface area contributed by atoms with Crippen molar-refractivity contribution >= 4 is 0 Å². The second-order valence-corrected chi connectivity index (χ2v) is 3.92. The maximum Gasteiger partial charge on any atom is 0.0955 e. The van der Waals surface area contributed by atoms with E-state index in [9.17, 15) is 0 Å². The molecule has 14 heavy (non-hydrogen) atoms. The summed E-state index contributed by atoms with van der Waals surface area (Å²) in [4.78, 5) is 0. The fourth-order valence-electron chi connectivity index (χ4n) is 2.05. The predicted octanol–water partition coefficient (Wildman–Crippen LogP) is 0.546. The third-order valence-electron chi connectivity index (χ3n) is 2.86. The van der Waals surface area contributed by atoms with Crippen molar-refractivity contribution in [3.8, 4) is 12.3 Å². The Kier molecular flexibility index (Phi) is 3.41. The summed E-state index contributed by atoms with van der Waals surface area (Å²) in [5, 5.41) is 3.42. The third kappa shape index (κ3) is 2.27. The molecule has 3 unspecified atom stereocenters. The number of hydrogen-bond acceptors (Lipinski definition) is 3. The summed E-state index contributed by atoms with van der Waals surface area (Å²) >= 11 is 0. The molecule has 3 nitrogen and oxygen atoms in total. The lowest BCUT2D eigenvalue weighted by Gasteiger charge is -2.22. The second kappa shape index (κ2) is 4.79. The van der Waals surface area contributed by atoms with Gasteiger partial charge in [-0.05, 0) is 19.3 Å². The highest BCUT2D eigenvalue weighted by Gasteiger charge is 2.27. The molecule has 0 aromatic heterocycles. The van der Waals surface area contributed by atoms with Crippen molar-refractivity contribution in [1.29, 1.82) is 0 Å². The largest absolute Gasteiger partial charge is 0.380 e. The molecular weight excluding hydrogens is 178 g/mol. The minimum absolute atomic E-state index is 0.0594. The van der Waals surface area contributed by atoms with Gasteiger partial charge in [0.05, 0.1) is 18.8 Å². The van der Waals surface area contributed by atoms with E-state index in [4.69, 9.17) is 15.9 Å². The summed E-state index contributed by atoms with van der Waals surface area (Å²) in [6, 6.07) is 0.476. The molecule has 2 saturated heterocycles. The van der Waals surface area contributed by atoms with Crippen LogP contribution in [0.25, 0.3) is 0 Å². The Morgan fingerprint density at radius 1 is 1.36 bits per heavy atom. The molecule has 78 valence electrons. The highest BCUT2D eigenvalue weighted by molar-refractivity contribution is 5.05. The van der Waals surface area contributed by atoms with E-state index in [-0.39, 0.29) is 12.1 Å². The zero-order chi connectivity index (χ0) is 9.80. The van der Waals surface area contributed by atoms with E-state index in [0.717, 1.165) is 39.1 Å². The van der Waals surface area contributed by atoms with Crippen LogP contribution < -0.4 is 5.32 Å². The van der Waals surface area contributed by atoms with Gasteiger partial charge < -0.3 is 9.47 Å². The summed E-state index contributed by atoms with van der Waals surface area (Å²) in [5.41, 5.74) is 0. The van der Waals surface area contributed by atoms with Crippen LogP contribution in [0.2, 0.25) is 0 Å². The fraction of sp³-hybridized carbons (Fsp3) is 0.818. The van der Waals surface area contributed by atoms with Crippen LogP contribution in [0.4, 0.5) is 0 Å². The summed E-state index contributed by atoms with van der Waals surface area (Å²) in [5.74, 6) is 2.78. The molecule has 0 radical (unpaired) electrons. The fourth-order valence-corrected chi connectivity index (χ4v) is 2.05.